The smallest absolute Gasteiger partial charge is 0.272 e. The maximum atomic E-state index is 12.7. The van der Waals surface area contributed by atoms with E-state index < -0.39 is 0 Å². The number of hydrogen-bond donors (Lipinski definition) is 2. The molecule has 128 valence electrons. The fourth-order valence-electron chi connectivity index (χ4n) is 2.76. The number of carbonyl (C=O) groups excluding carboxylic acids is 1. The lowest BCUT2D eigenvalue weighted by Gasteiger charge is -2.11. The van der Waals surface area contributed by atoms with E-state index in [0.717, 1.165) is 24.3 Å². The number of carbonyl (C=O) groups is 1. The molecule has 0 aliphatic rings. The average molecular weight is 333 g/mol. The Balaban J connectivity index is 1.71. The van der Waals surface area contributed by atoms with Crippen LogP contribution in [0.2, 0.25) is 0 Å². The Morgan fingerprint density at radius 1 is 0.960 bits per heavy atom. The molecule has 25 heavy (non-hydrogen) atoms. The average Bonchev–Trinajstić information content (AvgIpc) is 3.09. The van der Waals surface area contributed by atoms with Gasteiger partial charge in [0.25, 0.3) is 5.91 Å². The Labute approximate surface area is 148 Å². The minimum atomic E-state index is -0.0958. The first-order valence-electron chi connectivity index (χ1n) is 8.56. The highest BCUT2D eigenvalue weighted by Gasteiger charge is 2.11. The molecule has 2 N–H and O–H groups in total. The van der Waals surface area contributed by atoms with Crippen molar-refractivity contribution in [1.82, 2.24) is 9.88 Å². The summed E-state index contributed by atoms with van der Waals surface area (Å²) < 4.78 is 1.97. The highest BCUT2D eigenvalue weighted by Crippen LogP contribution is 2.14. The van der Waals surface area contributed by atoms with E-state index in [-0.39, 0.29) is 5.91 Å². The monoisotopic (exact) mass is 333 g/mol. The number of anilines is 1. The van der Waals surface area contributed by atoms with E-state index in [4.69, 9.17) is 0 Å². The first kappa shape index (κ1) is 17.0. The molecule has 1 aromatic heterocycles. The standard InChI is InChI=1S/C21H23N3O/c1-2-22-15-18-10-6-11-19(14-18)23-21(25)20-12-7-13-24(20)16-17-8-4-3-5-9-17/h3-14,22H,2,15-16H2,1H3,(H,23,25). The fourth-order valence-corrected chi connectivity index (χ4v) is 2.76. The van der Waals surface area contributed by atoms with Gasteiger partial charge in [0.2, 0.25) is 0 Å². The summed E-state index contributed by atoms with van der Waals surface area (Å²) in [6.07, 6.45) is 1.93. The molecular weight excluding hydrogens is 310 g/mol. The largest absolute Gasteiger partial charge is 0.339 e. The van der Waals surface area contributed by atoms with Crippen LogP contribution in [0.4, 0.5) is 5.69 Å². The maximum absolute atomic E-state index is 12.7. The van der Waals surface area contributed by atoms with Gasteiger partial charge in [-0.3, -0.25) is 4.79 Å². The minimum Gasteiger partial charge on any atom is -0.339 e. The minimum absolute atomic E-state index is 0.0958. The summed E-state index contributed by atoms with van der Waals surface area (Å²) in [6.45, 7) is 4.47. The topological polar surface area (TPSA) is 46.1 Å². The number of nitrogens with zero attached hydrogens (tertiary/aromatic N) is 1. The van der Waals surface area contributed by atoms with Crippen LogP contribution in [0.25, 0.3) is 0 Å². The van der Waals surface area contributed by atoms with E-state index in [1.807, 2.05) is 59.3 Å². The first-order valence-corrected chi connectivity index (χ1v) is 8.56. The Hall–Kier alpha value is -2.85. The molecule has 2 aromatic carbocycles. The van der Waals surface area contributed by atoms with Gasteiger partial charge in [-0.2, -0.15) is 0 Å². The summed E-state index contributed by atoms with van der Waals surface area (Å²) in [5, 5.41) is 6.29. The summed E-state index contributed by atoms with van der Waals surface area (Å²) in [5.41, 5.74) is 3.79. The molecule has 3 rings (SSSR count). The third-order valence-corrected chi connectivity index (χ3v) is 4.02. The summed E-state index contributed by atoms with van der Waals surface area (Å²) in [5.74, 6) is -0.0958. The Morgan fingerprint density at radius 3 is 2.56 bits per heavy atom. The summed E-state index contributed by atoms with van der Waals surface area (Å²) in [4.78, 5) is 12.7. The van der Waals surface area contributed by atoms with Gasteiger partial charge in [0.05, 0.1) is 0 Å². The highest BCUT2D eigenvalue weighted by molar-refractivity contribution is 6.03. The van der Waals surface area contributed by atoms with Crippen LogP contribution in [0.15, 0.2) is 72.9 Å². The third kappa shape index (κ3) is 4.58. The van der Waals surface area contributed by atoms with Crippen molar-refractivity contribution < 1.29 is 4.79 Å². The molecule has 0 fully saturated rings. The van der Waals surface area contributed by atoms with Crippen LogP contribution in [0.3, 0.4) is 0 Å². The van der Waals surface area contributed by atoms with Gasteiger partial charge in [0.1, 0.15) is 5.69 Å². The van der Waals surface area contributed by atoms with Crippen LogP contribution < -0.4 is 10.6 Å². The third-order valence-electron chi connectivity index (χ3n) is 4.02. The van der Waals surface area contributed by atoms with Crippen molar-refractivity contribution >= 4 is 11.6 Å². The van der Waals surface area contributed by atoms with Gasteiger partial charge in [0.15, 0.2) is 0 Å². The van der Waals surface area contributed by atoms with Crippen LogP contribution in [0, 0.1) is 0 Å². The van der Waals surface area contributed by atoms with Crippen LogP contribution in [-0.4, -0.2) is 17.0 Å². The van der Waals surface area contributed by atoms with E-state index in [1.54, 1.807) is 0 Å². The van der Waals surface area contributed by atoms with Crippen LogP contribution in [0.5, 0.6) is 0 Å². The van der Waals surface area contributed by atoms with Crippen molar-refractivity contribution in [2.45, 2.75) is 20.0 Å². The molecule has 0 saturated carbocycles. The van der Waals surface area contributed by atoms with Gasteiger partial charge in [-0.25, -0.2) is 0 Å². The Morgan fingerprint density at radius 2 is 1.76 bits per heavy atom. The zero-order valence-corrected chi connectivity index (χ0v) is 14.4. The zero-order valence-electron chi connectivity index (χ0n) is 14.4. The highest BCUT2D eigenvalue weighted by atomic mass is 16.1. The summed E-state index contributed by atoms with van der Waals surface area (Å²) in [7, 11) is 0. The zero-order chi connectivity index (χ0) is 17.5. The lowest BCUT2D eigenvalue weighted by molar-refractivity contribution is 0.101. The van der Waals surface area contributed by atoms with Gasteiger partial charge in [-0.05, 0) is 41.9 Å². The molecule has 0 aliphatic heterocycles. The van der Waals surface area contributed by atoms with Crippen molar-refractivity contribution in [3.8, 4) is 0 Å². The SMILES string of the molecule is CCNCc1cccc(NC(=O)c2cccn2Cc2ccccc2)c1. The second-order valence-corrected chi connectivity index (χ2v) is 5.94. The molecule has 0 aliphatic carbocycles. The second-order valence-electron chi connectivity index (χ2n) is 5.94. The number of nitrogens with one attached hydrogen (secondary N) is 2. The molecule has 4 nitrogen and oxygen atoms in total. The van der Waals surface area contributed by atoms with Crippen molar-refractivity contribution in [2.75, 3.05) is 11.9 Å². The number of amides is 1. The Kier molecular flexibility index (Phi) is 5.65. The molecule has 1 heterocycles. The molecule has 0 bridgehead atoms. The van der Waals surface area contributed by atoms with Gasteiger partial charge < -0.3 is 15.2 Å². The van der Waals surface area contributed by atoms with Crippen LogP contribution >= 0.6 is 0 Å². The fraction of sp³-hybridized carbons (Fsp3) is 0.190. The molecule has 1 amide bonds. The first-order chi connectivity index (χ1) is 12.3. The maximum Gasteiger partial charge on any atom is 0.272 e. The molecular formula is C21H23N3O. The van der Waals surface area contributed by atoms with Crippen molar-refractivity contribution in [2.24, 2.45) is 0 Å². The normalized spacial score (nSPS) is 10.6. The molecule has 0 spiro atoms. The van der Waals surface area contributed by atoms with E-state index in [0.29, 0.717) is 12.2 Å². The molecule has 0 radical (unpaired) electrons. The lowest BCUT2D eigenvalue weighted by atomic mass is 10.2. The van der Waals surface area contributed by atoms with E-state index in [9.17, 15) is 4.79 Å². The molecule has 4 heteroatoms. The van der Waals surface area contributed by atoms with Crippen molar-refractivity contribution in [1.29, 1.82) is 0 Å². The molecule has 0 atom stereocenters. The number of benzene rings is 2. The predicted molar refractivity (Wildman–Crippen MR) is 102 cm³/mol. The number of aromatic nitrogens is 1. The van der Waals surface area contributed by atoms with Crippen LogP contribution in [0.1, 0.15) is 28.5 Å². The molecule has 0 saturated heterocycles. The van der Waals surface area contributed by atoms with Gasteiger partial charge in [0, 0.05) is 25.0 Å². The van der Waals surface area contributed by atoms with Crippen LogP contribution in [-0.2, 0) is 13.1 Å². The summed E-state index contributed by atoms with van der Waals surface area (Å²) >= 11 is 0. The van der Waals surface area contributed by atoms with Crippen molar-refractivity contribution in [3.05, 3.63) is 89.7 Å². The predicted octanol–water partition coefficient (Wildman–Crippen LogP) is 3.90. The van der Waals surface area contributed by atoms with Gasteiger partial charge in [-0.1, -0.05) is 49.4 Å². The Bertz CT molecular complexity index is 824. The molecule has 0 unspecified atom stereocenters. The quantitative estimate of drug-likeness (QED) is 0.689. The van der Waals surface area contributed by atoms with E-state index in [2.05, 4.69) is 35.8 Å². The van der Waals surface area contributed by atoms with E-state index in [1.165, 1.54) is 5.56 Å². The second kappa shape index (κ2) is 8.31. The summed E-state index contributed by atoms with van der Waals surface area (Å²) in [6, 6.07) is 21.8. The van der Waals surface area contributed by atoms with E-state index >= 15 is 0 Å². The van der Waals surface area contributed by atoms with Crippen molar-refractivity contribution in [3.63, 3.8) is 0 Å². The molecule has 3 aromatic rings. The van der Waals surface area contributed by atoms with Gasteiger partial charge in [-0.15, -0.1) is 0 Å². The van der Waals surface area contributed by atoms with Gasteiger partial charge >= 0.3 is 0 Å². The number of hydrogen-bond acceptors (Lipinski definition) is 2. The number of rotatable bonds is 7. The lowest BCUT2D eigenvalue weighted by Crippen LogP contribution is -2.17.